The Morgan fingerprint density at radius 3 is 2.84 bits per heavy atom. The smallest absolute Gasteiger partial charge is 0.322 e. The van der Waals surface area contributed by atoms with Gasteiger partial charge in [-0.1, -0.05) is 6.92 Å². The summed E-state index contributed by atoms with van der Waals surface area (Å²) in [5.74, 6) is 0.104. The highest BCUT2D eigenvalue weighted by Crippen LogP contribution is 2.30. The summed E-state index contributed by atoms with van der Waals surface area (Å²) in [6.07, 6.45) is 3.60. The zero-order chi connectivity index (χ0) is 22.8. The maximum Gasteiger partial charge on any atom is 0.345 e. The number of pyridine rings is 1. The van der Waals surface area contributed by atoms with Gasteiger partial charge >= 0.3 is 12.6 Å². The first-order valence-electron chi connectivity index (χ1n) is 10.3. The molecule has 0 spiro atoms. The highest BCUT2D eigenvalue weighted by Gasteiger charge is 2.29. The van der Waals surface area contributed by atoms with Crippen LogP contribution in [0.1, 0.15) is 24.7 Å². The Morgan fingerprint density at radius 2 is 2.09 bits per heavy atom. The van der Waals surface area contributed by atoms with Crippen LogP contribution in [0, 0.1) is 12.7 Å². The number of hydrogen-bond donors (Lipinski definition) is 1. The van der Waals surface area contributed by atoms with Gasteiger partial charge in [-0.25, -0.2) is 24.1 Å². The Hall–Kier alpha value is -3.27. The molecule has 168 valence electrons. The number of nitrogens with one attached hydrogen (secondary N) is 1. The van der Waals surface area contributed by atoms with Gasteiger partial charge in [-0.05, 0) is 42.7 Å². The molecule has 0 saturated carbocycles. The van der Waals surface area contributed by atoms with Crippen LogP contribution in [0.2, 0.25) is 0 Å². The molecule has 1 saturated heterocycles. The third-order valence-corrected chi connectivity index (χ3v) is 5.39. The van der Waals surface area contributed by atoms with E-state index in [1.54, 1.807) is 19.3 Å². The molecular weight excluding hydrogens is 423 g/mol. The molecule has 2 aromatic heterocycles. The number of carbonyl (C=O) groups is 1. The number of likely N-dealkylation sites (tertiary alicyclic amines) is 1. The number of ether oxygens (including phenoxy) is 1. The lowest BCUT2D eigenvalue weighted by Gasteiger charge is -2.18. The van der Waals surface area contributed by atoms with Gasteiger partial charge in [0.05, 0.1) is 11.8 Å². The van der Waals surface area contributed by atoms with Gasteiger partial charge in [0.15, 0.2) is 5.65 Å². The minimum atomic E-state index is -2.89. The maximum absolute atomic E-state index is 14.6. The van der Waals surface area contributed by atoms with Crippen molar-refractivity contribution in [1.82, 2.24) is 19.9 Å². The van der Waals surface area contributed by atoms with Crippen molar-refractivity contribution >= 4 is 22.8 Å². The molecule has 0 aliphatic carbocycles. The largest absolute Gasteiger partial charge is 0.345 e. The van der Waals surface area contributed by atoms with Crippen LogP contribution in [0.25, 0.3) is 22.2 Å². The predicted molar refractivity (Wildman–Crippen MR) is 113 cm³/mol. The minimum Gasteiger partial charge on any atom is -0.322 e. The number of alkyl halides is 2. The Kier molecular flexibility index (Phi) is 6.22. The van der Waals surface area contributed by atoms with Crippen LogP contribution >= 0.6 is 0 Å². The summed E-state index contributed by atoms with van der Waals surface area (Å²) in [6.45, 7) is 1.09. The second-order valence-electron chi connectivity index (χ2n) is 7.61. The van der Waals surface area contributed by atoms with Gasteiger partial charge < -0.3 is 15.0 Å². The van der Waals surface area contributed by atoms with E-state index in [2.05, 4.69) is 25.0 Å². The van der Waals surface area contributed by atoms with E-state index in [0.717, 1.165) is 10.9 Å². The molecule has 1 aromatic carbocycles. The number of fused-ring (bicyclic) bond motifs is 1. The van der Waals surface area contributed by atoms with E-state index in [-0.39, 0.29) is 18.8 Å². The molecule has 1 fully saturated rings. The van der Waals surface area contributed by atoms with Crippen LogP contribution < -0.4 is 5.32 Å². The molecule has 3 heterocycles. The molecule has 0 radical (unpaired) electrons. The molecule has 1 N–H and O–H groups in total. The average molecular weight is 445 g/mol. The number of hydrogen-bond acceptors (Lipinski definition) is 5. The van der Waals surface area contributed by atoms with E-state index in [4.69, 9.17) is 0 Å². The van der Waals surface area contributed by atoms with Gasteiger partial charge in [-0.15, -0.1) is 0 Å². The first-order valence-corrected chi connectivity index (χ1v) is 10.3. The second kappa shape index (κ2) is 9.07. The molecule has 3 aromatic rings. The van der Waals surface area contributed by atoms with E-state index in [1.165, 1.54) is 17.0 Å². The van der Waals surface area contributed by atoms with E-state index in [1.807, 2.05) is 13.0 Å². The topological polar surface area (TPSA) is 80.2 Å². The molecular formula is C22H22F3N5O2. The molecule has 32 heavy (non-hydrogen) atoms. The summed E-state index contributed by atoms with van der Waals surface area (Å²) in [5.41, 5.74) is 2.65. The molecule has 1 aliphatic rings. The number of aryl methyl sites for hydroxylation is 2. The van der Waals surface area contributed by atoms with Gasteiger partial charge in [0.25, 0.3) is 0 Å². The zero-order valence-electron chi connectivity index (χ0n) is 17.6. The quantitative estimate of drug-likeness (QED) is 0.623. The Bertz CT molecular complexity index is 1160. The molecule has 0 bridgehead atoms. The van der Waals surface area contributed by atoms with E-state index in [0.29, 0.717) is 35.4 Å². The Labute approximate surface area is 182 Å². The lowest BCUT2D eigenvalue weighted by atomic mass is 10.0. The van der Waals surface area contributed by atoms with E-state index >= 15 is 0 Å². The lowest BCUT2D eigenvalue weighted by Crippen LogP contribution is -2.34. The number of benzene rings is 1. The van der Waals surface area contributed by atoms with Crippen LogP contribution in [0.15, 0.2) is 30.6 Å². The van der Waals surface area contributed by atoms with Crippen molar-refractivity contribution in [2.45, 2.75) is 39.4 Å². The van der Waals surface area contributed by atoms with Gasteiger partial charge in [0.2, 0.25) is 0 Å². The zero-order valence-corrected chi connectivity index (χ0v) is 17.6. The molecule has 7 nitrogen and oxygen atoms in total. The predicted octanol–water partition coefficient (Wildman–Crippen LogP) is 4.55. The summed E-state index contributed by atoms with van der Waals surface area (Å²) in [5, 5.41) is 3.29. The Balaban J connectivity index is 1.57. The fourth-order valence-corrected chi connectivity index (χ4v) is 3.72. The van der Waals surface area contributed by atoms with Crippen molar-refractivity contribution in [3.63, 3.8) is 0 Å². The number of halogens is 3. The van der Waals surface area contributed by atoms with Crippen LogP contribution in [0.4, 0.5) is 23.7 Å². The van der Waals surface area contributed by atoms with Crippen LogP contribution in [0.5, 0.6) is 0 Å². The molecule has 0 unspecified atom stereocenters. The van der Waals surface area contributed by atoms with Gasteiger partial charge in [0.1, 0.15) is 11.6 Å². The second-order valence-corrected chi connectivity index (χ2v) is 7.61. The summed E-state index contributed by atoms with van der Waals surface area (Å²) >= 11 is 0. The van der Waals surface area contributed by atoms with Crippen molar-refractivity contribution in [2.24, 2.45) is 0 Å². The van der Waals surface area contributed by atoms with Crippen molar-refractivity contribution in [3.05, 3.63) is 47.8 Å². The fraction of sp³-hybridized carbons (Fsp3) is 0.364. The molecule has 4 rings (SSSR count). The van der Waals surface area contributed by atoms with Crippen molar-refractivity contribution in [2.75, 3.05) is 18.4 Å². The molecule has 1 aliphatic heterocycles. The first-order chi connectivity index (χ1) is 15.3. The number of urea groups is 1. The molecule has 2 amide bonds. The van der Waals surface area contributed by atoms with Gasteiger partial charge in [-0.3, -0.25) is 0 Å². The van der Waals surface area contributed by atoms with Crippen molar-refractivity contribution < 1.29 is 22.7 Å². The number of carbonyl (C=O) groups excluding carboxylic acids is 1. The van der Waals surface area contributed by atoms with E-state index in [9.17, 15) is 18.0 Å². The summed E-state index contributed by atoms with van der Waals surface area (Å²) in [6, 6.07) is 4.16. The normalized spacial score (nSPS) is 16.2. The lowest BCUT2D eigenvalue weighted by molar-refractivity contribution is -0.158. The first kappa shape index (κ1) is 21.9. The fourth-order valence-electron chi connectivity index (χ4n) is 3.72. The van der Waals surface area contributed by atoms with Crippen LogP contribution in [-0.2, 0) is 11.2 Å². The van der Waals surface area contributed by atoms with Crippen LogP contribution in [-0.4, -0.2) is 51.7 Å². The average Bonchev–Trinajstić information content (AvgIpc) is 3.22. The number of amides is 2. The summed E-state index contributed by atoms with van der Waals surface area (Å²) in [7, 11) is 0. The number of nitrogens with zero attached hydrogens (tertiary/aromatic N) is 4. The van der Waals surface area contributed by atoms with Crippen molar-refractivity contribution in [1.29, 1.82) is 0 Å². The minimum absolute atomic E-state index is 0.00786. The number of anilines is 1. The third-order valence-electron chi connectivity index (χ3n) is 5.39. The van der Waals surface area contributed by atoms with E-state index < -0.39 is 24.6 Å². The number of aromatic nitrogens is 3. The van der Waals surface area contributed by atoms with Crippen molar-refractivity contribution in [3.8, 4) is 11.1 Å². The monoisotopic (exact) mass is 445 g/mol. The van der Waals surface area contributed by atoms with Gasteiger partial charge in [-0.2, -0.15) is 8.78 Å². The molecule has 10 heteroatoms. The number of rotatable bonds is 5. The highest BCUT2D eigenvalue weighted by molar-refractivity contribution is 5.91. The van der Waals surface area contributed by atoms with Gasteiger partial charge in [0, 0.05) is 42.9 Å². The summed E-state index contributed by atoms with van der Waals surface area (Å²) in [4.78, 5) is 26.9. The standard InChI is InChI=1S/C22H22F3N5O2/c1-3-19-26-10-14-7-13(9-27-20(14)29-19)16-8-18(17(23)6-12(16)2)28-22(31)30-5-4-15(11-30)32-21(24)25/h6-10,15,21H,3-5,11H2,1-2H3,(H,28,31)/t15-/m0/s1. The molecule has 1 atom stereocenters. The SMILES string of the molecule is CCc1ncc2cc(-c3cc(NC(=O)N4CC[C@H](OC(F)F)C4)c(F)cc3C)cnc2n1. The highest BCUT2D eigenvalue weighted by atomic mass is 19.3. The van der Waals surface area contributed by atoms with Crippen LogP contribution in [0.3, 0.4) is 0 Å². The third kappa shape index (κ3) is 4.64. The summed E-state index contributed by atoms with van der Waals surface area (Å²) < 4.78 is 43.8. The maximum atomic E-state index is 14.6. The Morgan fingerprint density at radius 1 is 1.28 bits per heavy atom.